The third kappa shape index (κ3) is 4.54. The molecule has 29 heavy (non-hydrogen) atoms. The minimum atomic E-state index is -0.215. The first kappa shape index (κ1) is 19.3. The lowest BCUT2D eigenvalue weighted by Gasteiger charge is -2.34. The maximum absolute atomic E-state index is 13.4. The summed E-state index contributed by atoms with van der Waals surface area (Å²) in [5.41, 5.74) is 3.42. The summed E-state index contributed by atoms with van der Waals surface area (Å²) in [5.74, 6) is -0.269. The number of benzene rings is 1. The van der Waals surface area contributed by atoms with Crippen LogP contribution in [0.5, 0.6) is 0 Å². The number of aromatic nitrogens is 4. The van der Waals surface area contributed by atoms with Gasteiger partial charge in [0.15, 0.2) is 0 Å². The summed E-state index contributed by atoms with van der Waals surface area (Å²) in [4.78, 5) is 16.9. The highest BCUT2D eigenvalue weighted by Gasteiger charge is 2.23. The molecule has 152 valence electrons. The molecule has 3 aromatic rings. The maximum atomic E-state index is 13.4. The lowest BCUT2D eigenvalue weighted by molar-refractivity contribution is 0.0621. The van der Waals surface area contributed by atoms with E-state index in [0.29, 0.717) is 32.0 Å². The average molecular weight is 396 g/mol. The van der Waals surface area contributed by atoms with Crippen LogP contribution in [0.2, 0.25) is 0 Å². The molecule has 8 heteroatoms. The minimum Gasteiger partial charge on any atom is -0.335 e. The van der Waals surface area contributed by atoms with Gasteiger partial charge in [-0.05, 0) is 43.7 Å². The first-order valence-corrected chi connectivity index (χ1v) is 9.78. The Morgan fingerprint density at radius 1 is 1.07 bits per heavy atom. The van der Waals surface area contributed by atoms with E-state index in [1.807, 2.05) is 41.8 Å². The number of amides is 1. The molecule has 2 aromatic heterocycles. The van der Waals surface area contributed by atoms with Gasteiger partial charge in [0.25, 0.3) is 5.91 Å². The van der Waals surface area contributed by atoms with E-state index in [0.717, 1.165) is 30.0 Å². The number of carbonyl (C=O) groups is 1. The van der Waals surface area contributed by atoms with Crippen molar-refractivity contribution in [2.75, 3.05) is 26.2 Å². The molecular formula is C21H25FN6O. The predicted octanol–water partition coefficient (Wildman–Crippen LogP) is 2.30. The Kier molecular flexibility index (Phi) is 5.44. The van der Waals surface area contributed by atoms with Crippen LogP contribution in [0, 0.1) is 19.7 Å². The Hall–Kier alpha value is -3.00. The average Bonchev–Trinajstić information content (AvgIpc) is 3.28. The van der Waals surface area contributed by atoms with Gasteiger partial charge < -0.3 is 4.90 Å². The molecule has 3 heterocycles. The first-order valence-electron chi connectivity index (χ1n) is 9.78. The molecule has 0 spiro atoms. The summed E-state index contributed by atoms with van der Waals surface area (Å²) >= 11 is 0. The lowest BCUT2D eigenvalue weighted by atomic mass is 10.2. The van der Waals surface area contributed by atoms with Gasteiger partial charge in [0.2, 0.25) is 0 Å². The van der Waals surface area contributed by atoms with Gasteiger partial charge in [-0.25, -0.2) is 9.07 Å². The highest BCUT2D eigenvalue weighted by atomic mass is 19.1. The first-order chi connectivity index (χ1) is 14.0. The Bertz CT molecular complexity index is 1000. The van der Waals surface area contributed by atoms with Gasteiger partial charge in [0, 0.05) is 44.6 Å². The van der Waals surface area contributed by atoms with E-state index >= 15 is 0 Å². The van der Waals surface area contributed by atoms with Crippen molar-refractivity contribution in [3.63, 3.8) is 0 Å². The van der Waals surface area contributed by atoms with E-state index in [1.54, 1.807) is 22.9 Å². The number of nitrogens with zero attached hydrogens (tertiary/aromatic N) is 6. The fraction of sp³-hybridized carbons (Fsp3) is 0.381. The van der Waals surface area contributed by atoms with Crippen molar-refractivity contribution < 1.29 is 9.18 Å². The van der Waals surface area contributed by atoms with E-state index in [1.165, 1.54) is 6.07 Å². The van der Waals surface area contributed by atoms with Crippen molar-refractivity contribution in [3.8, 4) is 0 Å². The molecule has 1 saturated heterocycles. The Morgan fingerprint density at radius 3 is 2.55 bits per heavy atom. The largest absolute Gasteiger partial charge is 0.335 e. The number of hydrogen-bond acceptors (Lipinski definition) is 4. The monoisotopic (exact) mass is 396 g/mol. The van der Waals surface area contributed by atoms with Crippen molar-refractivity contribution in [2.45, 2.75) is 27.1 Å². The standard InChI is InChI=1S/C21H25FN6O/c1-16-12-17(2)28(23-16)15-27-7-6-20(24-27)21(29)26-10-8-25(9-11-26)14-18-4-3-5-19(22)13-18/h3-7,12-13H,8-11,14-15H2,1-2H3. The van der Waals surface area contributed by atoms with E-state index in [-0.39, 0.29) is 11.7 Å². The SMILES string of the molecule is Cc1cc(C)n(Cn2ccc(C(=O)N3CCN(Cc4cccc(F)c4)CC3)n2)n1. The second kappa shape index (κ2) is 8.16. The molecule has 1 fully saturated rings. The molecule has 1 aliphatic rings. The summed E-state index contributed by atoms with van der Waals surface area (Å²) in [5, 5.41) is 8.87. The zero-order chi connectivity index (χ0) is 20.4. The van der Waals surface area contributed by atoms with Gasteiger partial charge in [0.05, 0.1) is 5.69 Å². The number of carbonyl (C=O) groups excluding carboxylic acids is 1. The van der Waals surface area contributed by atoms with E-state index < -0.39 is 0 Å². The summed E-state index contributed by atoms with van der Waals surface area (Å²) in [6.45, 7) is 7.92. The third-order valence-corrected chi connectivity index (χ3v) is 5.20. The van der Waals surface area contributed by atoms with Gasteiger partial charge in [-0.1, -0.05) is 12.1 Å². The number of piperazine rings is 1. The molecule has 1 aromatic carbocycles. The summed E-state index contributed by atoms with van der Waals surface area (Å²) in [6, 6.07) is 10.4. The zero-order valence-corrected chi connectivity index (χ0v) is 16.8. The summed E-state index contributed by atoms with van der Waals surface area (Å²) < 4.78 is 16.9. The second-order valence-corrected chi connectivity index (χ2v) is 7.51. The van der Waals surface area contributed by atoms with Crippen LogP contribution in [0.4, 0.5) is 4.39 Å². The highest BCUT2D eigenvalue weighted by Crippen LogP contribution is 2.12. The lowest BCUT2D eigenvalue weighted by Crippen LogP contribution is -2.48. The number of halogens is 1. The van der Waals surface area contributed by atoms with Crippen LogP contribution in [0.1, 0.15) is 27.4 Å². The van der Waals surface area contributed by atoms with Crippen molar-refractivity contribution in [3.05, 3.63) is 71.1 Å². The molecule has 0 unspecified atom stereocenters. The Morgan fingerprint density at radius 2 is 1.86 bits per heavy atom. The van der Waals surface area contributed by atoms with E-state index in [9.17, 15) is 9.18 Å². The Balaban J connectivity index is 1.33. The fourth-order valence-electron chi connectivity index (χ4n) is 3.67. The van der Waals surface area contributed by atoms with Crippen LogP contribution in [-0.2, 0) is 13.2 Å². The van der Waals surface area contributed by atoms with Gasteiger partial charge in [0.1, 0.15) is 18.2 Å². The predicted molar refractivity (Wildman–Crippen MR) is 107 cm³/mol. The van der Waals surface area contributed by atoms with E-state index in [4.69, 9.17) is 0 Å². The normalized spacial score (nSPS) is 15.1. The molecule has 0 aliphatic carbocycles. The van der Waals surface area contributed by atoms with Crippen LogP contribution in [0.25, 0.3) is 0 Å². The molecule has 1 amide bonds. The second-order valence-electron chi connectivity index (χ2n) is 7.51. The maximum Gasteiger partial charge on any atom is 0.274 e. The van der Waals surface area contributed by atoms with Crippen molar-refractivity contribution >= 4 is 5.91 Å². The van der Waals surface area contributed by atoms with Gasteiger partial charge in [-0.2, -0.15) is 10.2 Å². The van der Waals surface area contributed by atoms with Crippen molar-refractivity contribution in [1.82, 2.24) is 29.4 Å². The van der Waals surface area contributed by atoms with Gasteiger partial charge >= 0.3 is 0 Å². The minimum absolute atomic E-state index is 0.0532. The van der Waals surface area contributed by atoms with Crippen molar-refractivity contribution in [1.29, 1.82) is 0 Å². The molecule has 0 radical (unpaired) electrons. The molecule has 0 N–H and O–H groups in total. The number of hydrogen-bond donors (Lipinski definition) is 0. The fourth-order valence-corrected chi connectivity index (χ4v) is 3.67. The topological polar surface area (TPSA) is 59.2 Å². The summed E-state index contributed by atoms with van der Waals surface area (Å²) in [6.07, 6.45) is 1.81. The van der Waals surface area contributed by atoms with Crippen molar-refractivity contribution in [2.24, 2.45) is 0 Å². The third-order valence-electron chi connectivity index (χ3n) is 5.20. The molecule has 0 bridgehead atoms. The van der Waals surface area contributed by atoms with Crippen LogP contribution in [0.15, 0.2) is 42.6 Å². The number of aryl methyl sites for hydroxylation is 2. The molecule has 7 nitrogen and oxygen atoms in total. The van der Waals surface area contributed by atoms with Crippen LogP contribution in [-0.4, -0.2) is 61.4 Å². The van der Waals surface area contributed by atoms with Crippen LogP contribution < -0.4 is 0 Å². The van der Waals surface area contributed by atoms with Gasteiger partial charge in [-0.15, -0.1) is 0 Å². The highest BCUT2D eigenvalue weighted by molar-refractivity contribution is 5.92. The zero-order valence-electron chi connectivity index (χ0n) is 16.8. The smallest absolute Gasteiger partial charge is 0.274 e. The van der Waals surface area contributed by atoms with E-state index in [2.05, 4.69) is 15.1 Å². The molecule has 4 rings (SSSR count). The van der Waals surface area contributed by atoms with Crippen LogP contribution >= 0.6 is 0 Å². The summed E-state index contributed by atoms with van der Waals surface area (Å²) in [7, 11) is 0. The molecule has 0 atom stereocenters. The molecule has 0 saturated carbocycles. The molecular weight excluding hydrogens is 371 g/mol. The molecule has 1 aliphatic heterocycles. The number of rotatable bonds is 5. The quantitative estimate of drug-likeness (QED) is 0.664. The van der Waals surface area contributed by atoms with Gasteiger partial charge in [-0.3, -0.25) is 14.4 Å². The van der Waals surface area contributed by atoms with Crippen LogP contribution in [0.3, 0.4) is 0 Å². The Labute approximate surface area is 169 Å².